The van der Waals surface area contributed by atoms with Crippen LogP contribution in [0.5, 0.6) is 0 Å². The van der Waals surface area contributed by atoms with Gasteiger partial charge in [-0.1, -0.05) is 24.4 Å². The molecule has 3 N–H and O–H groups in total. The third-order valence-electron chi connectivity index (χ3n) is 6.06. The molecule has 3 aliphatic rings. The molecule has 0 amide bonds. The van der Waals surface area contributed by atoms with E-state index in [0.717, 1.165) is 34.5 Å². The van der Waals surface area contributed by atoms with Crippen molar-refractivity contribution in [1.82, 2.24) is 14.8 Å². The smallest absolute Gasteiger partial charge is 0.177 e. The number of anilines is 1. The Kier molecular flexibility index (Phi) is 4.29. The minimum absolute atomic E-state index is 0.266. The summed E-state index contributed by atoms with van der Waals surface area (Å²) in [6.45, 7) is 2.83. The lowest BCUT2D eigenvalue weighted by Crippen LogP contribution is -2.51. The molecule has 1 spiro atoms. The van der Waals surface area contributed by atoms with Gasteiger partial charge < -0.3 is 10.2 Å². The van der Waals surface area contributed by atoms with E-state index in [4.69, 9.17) is 4.84 Å². The van der Waals surface area contributed by atoms with Crippen molar-refractivity contribution in [3.63, 3.8) is 0 Å². The lowest BCUT2D eigenvalue weighted by Gasteiger charge is -2.51. The van der Waals surface area contributed by atoms with Gasteiger partial charge in [0.05, 0.1) is 34.5 Å². The van der Waals surface area contributed by atoms with Crippen LogP contribution in [-0.4, -0.2) is 52.7 Å². The number of hydrogen-bond acceptors (Lipinski definition) is 7. The van der Waals surface area contributed by atoms with Crippen LogP contribution < -0.4 is 5.32 Å². The van der Waals surface area contributed by atoms with Crippen molar-refractivity contribution in [1.29, 1.82) is 0 Å². The van der Waals surface area contributed by atoms with Gasteiger partial charge in [-0.3, -0.25) is 9.11 Å². The average Bonchev–Trinajstić information content (AvgIpc) is 3.26. The largest absolute Gasteiger partial charge is 0.385 e. The minimum Gasteiger partial charge on any atom is -0.385 e. The molecule has 2 aromatic rings. The van der Waals surface area contributed by atoms with Crippen molar-refractivity contribution in [2.24, 2.45) is 5.16 Å². The van der Waals surface area contributed by atoms with Crippen LogP contribution in [0, 0.1) is 0 Å². The van der Waals surface area contributed by atoms with Crippen LogP contribution in [0.4, 0.5) is 5.69 Å². The van der Waals surface area contributed by atoms with Crippen LogP contribution in [0.15, 0.2) is 17.5 Å². The van der Waals surface area contributed by atoms with E-state index in [1.54, 1.807) is 0 Å². The first-order valence-electron chi connectivity index (χ1n) is 10.1. The summed E-state index contributed by atoms with van der Waals surface area (Å²) >= 11 is 0. The summed E-state index contributed by atoms with van der Waals surface area (Å²) in [6.07, 6.45) is 10.5. The zero-order valence-electron chi connectivity index (χ0n) is 16.1. The second-order valence-electron chi connectivity index (χ2n) is 8.30. The SMILES string of the molecule is CCn1ncc2c(NC3CCCCC3)c(C3=NOC4(C3)CS(O)(O)C4)cnc21. The highest BCUT2D eigenvalue weighted by atomic mass is 32.3. The maximum Gasteiger partial charge on any atom is 0.177 e. The number of pyridine rings is 1. The number of hydrogen-bond donors (Lipinski definition) is 3. The zero-order chi connectivity index (χ0) is 19.4. The molecule has 8 nitrogen and oxygen atoms in total. The second-order valence-corrected chi connectivity index (χ2v) is 10.5. The van der Waals surface area contributed by atoms with Crippen molar-refractivity contribution >= 4 is 33.0 Å². The van der Waals surface area contributed by atoms with Crippen molar-refractivity contribution in [2.75, 3.05) is 16.8 Å². The fraction of sp³-hybridized carbons (Fsp3) is 0.632. The lowest BCUT2D eigenvalue weighted by molar-refractivity contribution is 0.00130. The van der Waals surface area contributed by atoms with Gasteiger partial charge >= 0.3 is 0 Å². The Morgan fingerprint density at radius 3 is 2.75 bits per heavy atom. The van der Waals surface area contributed by atoms with Gasteiger partial charge in [-0.15, -0.1) is 0 Å². The number of oxime groups is 1. The van der Waals surface area contributed by atoms with E-state index in [2.05, 4.69) is 27.5 Å². The predicted molar refractivity (Wildman–Crippen MR) is 111 cm³/mol. The van der Waals surface area contributed by atoms with E-state index in [0.29, 0.717) is 12.5 Å². The minimum atomic E-state index is -2.49. The van der Waals surface area contributed by atoms with Crippen LogP contribution in [0.1, 0.15) is 51.0 Å². The lowest BCUT2D eigenvalue weighted by atomic mass is 9.93. The Morgan fingerprint density at radius 1 is 1.25 bits per heavy atom. The highest BCUT2D eigenvalue weighted by molar-refractivity contribution is 8.25. The van der Waals surface area contributed by atoms with Crippen LogP contribution in [0.2, 0.25) is 0 Å². The summed E-state index contributed by atoms with van der Waals surface area (Å²) < 4.78 is 21.5. The van der Waals surface area contributed by atoms with Crippen molar-refractivity contribution in [3.05, 3.63) is 18.0 Å². The maximum atomic E-state index is 9.81. The molecule has 1 saturated carbocycles. The molecule has 152 valence electrons. The van der Waals surface area contributed by atoms with E-state index in [-0.39, 0.29) is 11.5 Å². The van der Waals surface area contributed by atoms with E-state index < -0.39 is 16.2 Å². The molecule has 4 heterocycles. The third-order valence-corrected chi connectivity index (χ3v) is 8.03. The van der Waals surface area contributed by atoms with Crippen molar-refractivity contribution in [3.8, 4) is 0 Å². The van der Waals surface area contributed by atoms with Gasteiger partial charge in [-0.05, 0) is 19.8 Å². The fourth-order valence-corrected chi connectivity index (χ4v) is 6.61. The summed E-state index contributed by atoms with van der Waals surface area (Å²) in [5.41, 5.74) is 3.11. The quantitative estimate of drug-likeness (QED) is 0.714. The first-order valence-corrected chi connectivity index (χ1v) is 12.0. The molecule has 2 aliphatic heterocycles. The molecule has 0 aromatic carbocycles. The molecular weight excluding hydrogens is 378 g/mol. The third kappa shape index (κ3) is 3.05. The summed E-state index contributed by atoms with van der Waals surface area (Å²) in [5.74, 6) is 0.531. The molecule has 0 unspecified atom stereocenters. The van der Waals surface area contributed by atoms with Crippen LogP contribution in [0.25, 0.3) is 11.0 Å². The molecule has 28 heavy (non-hydrogen) atoms. The molecule has 5 rings (SSSR count). The van der Waals surface area contributed by atoms with Gasteiger partial charge in [0.15, 0.2) is 11.2 Å². The van der Waals surface area contributed by atoms with Gasteiger partial charge in [0, 0.05) is 30.8 Å². The summed E-state index contributed by atoms with van der Waals surface area (Å²) in [4.78, 5) is 10.3. The Morgan fingerprint density at radius 2 is 2.04 bits per heavy atom. The van der Waals surface area contributed by atoms with Gasteiger partial charge in [0.25, 0.3) is 0 Å². The predicted octanol–water partition coefficient (Wildman–Crippen LogP) is 3.82. The topological polar surface area (TPSA) is 105 Å². The molecule has 0 bridgehead atoms. The maximum absolute atomic E-state index is 9.81. The van der Waals surface area contributed by atoms with Crippen LogP contribution in [-0.2, 0) is 11.4 Å². The molecule has 9 heteroatoms. The van der Waals surface area contributed by atoms with Crippen molar-refractivity contribution in [2.45, 2.75) is 63.6 Å². The Bertz CT molecular complexity index is 927. The van der Waals surface area contributed by atoms with Crippen LogP contribution >= 0.6 is 10.6 Å². The Hall–Kier alpha value is -1.84. The summed E-state index contributed by atoms with van der Waals surface area (Å²) in [6, 6.07) is 0.440. The van der Waals surface area contributed by atoms with E-state index in [9.17, 15) is 9.11 Å². The first-order chi connectivity index (χ1) is 13.5. The monoisotopic (exact) mass is 405 g/mol. The van der Waals surface area contributed by atoms with Gasteiger partial charge in [0.2, 0.25) is 0 Å². The molecule has 2 fully saturated rings. The average molecular weight is 406 g/mol. The van der Waals surface area contributed by atoms with Gasteiger partial charge in [-0.2, -0.15) is 15.7 Å². The molecule has 0 atom stereocenters. The Labute approximate surface area is 165 Å². The highest BCUT2D eigenvalue weighted by Crippen LogP contribution is 2.58. The van der Waals surface area contributed by atoms with E-state index in [1.165, 1.54) is 32.1 Å². The summed E-state index contributed by atoms with van der Waals surface area (Å²) in [5, 5.41) is 13.6. The number of fused-ring (bicyclic) bond motifs is 1. The zero-order valence-corrected chi connectivity index (χ0v) is 16.9. The molecule has 0 radical (unpaired) electrons. The standard InChI is InChI=1S/C19H27N5O3S/c1-2-24-18-15(10-21-24)17(22-13-6-4-3-5-7-13)14(9-20-18)16-8-19(27-23-16)11-28(25,26)12-19/h9-10,13,25-26H,2-8,11-12H2,1H3,(H,20,22). The fourth-order valence-electron chi connectivity index (χ4n) is 4.70. The highest BCUT2D eigenvalue weighted by Gasteiger charge is 2.55. The van der Waals surface area contributed by atoms with Crippen molar-refractivity contribution < 1.29 is 13.9 Å². The number of nitrogens with one attached hydrogen (secondary N) is 1. The normalized spacial score (nSPS) is 24.6. The molecule has 1 saturated heterocycles. The second kappa shape index (κ2) is 6.60. The Balaban J connectivity index is 1.50. The number of aryl methyl sites for hydroxylation is 1. The first kappa shape index (κ1) is 18.2. The van der Waals surface area contributed by atoms with Crippen LogP contribution in [0.3, 0.4) is 0 Å². The number of rotatable bonds is 4. The molecule has 2 aromatic heterocycles. The van der Waals surface area contributed by atoms with Gasteiger partial charge in [-0.25, -0.2) is 9.67 Å². The van der Waals surface area contributed by atoms with E-state index in [1.807, 2.05) is 17.1 Å². The number of nitrogens with zero attached hydrogens (tertiary/aromatic N) is 4. The van der Waals surface area contributed by atoms with E-state index >= 15 is 0 Å². The summed E-state index contributed by atoms with van der Waals surface area (Å²) in [7, 11) is -2.49. The van der Waals surface area contributed by atoms with Gasteiger partial charge in [0.1, 0.15) is 0 Å². The molecular formula is C19H27N5O3S. The molecule has 1 aliphatic carbocycles. The number of aromatic nitrogens is 3.